The lowest BCUT2D eigenvalue weighted by Gasteiger charge is -2.65. The highest BCUT2D eigenvalue weighted by Crippen LogP contribution is 2.66. The lowest BCUT2D eigenvalue weighted by atomic mass is 9.43. The molecule has 1 N–H and O–H groups in total. The molecule has 2 unspecified atom stereocenters. The highest BCUT2D eigenvalue weighted by atomic mass is 35.5. The smallest absolute Gasteiger partial charge is 0.0493 e. The van der Waals surface area contributed by atoms with Gasteiger partial charge in [-0.3, -0.25) is 0 Å². The van der Waals surface area contributed by atoms with Gasteiger partial charge in [-0.2, -0.15) is 0 Å². The molecular formula is C29H34Cl2N2. The summed E-state index contributed by atoms with van der Waals surface area (Å²) >= 11 is 12.7. The molecule has 4 heteroatoms. The standard InChI is InChI=1S/C29H34Cl2N2/c1-19-24(14-32-29-13-20-11-27(2,17-29)16-28(3,12-20)18-29)23-6-4-5-7-26(23)33(19)15-21-8-9-22(30)10-25(21)31/h4-10,20,32H,11-18H2,1-3H3/t20?,27-,28+,29?. The third-order valence-corrected chi connectivity index (χ3v) is 9.56. The Morgan fingerprint density at radius 3 is 2.39 bits per heavy atom. The first-order chi connectivity index (χ1) is 15.7. The summed E-state index contributed by atoms with van der Waals surface area (Å²) < 4.78 is 2.42. The quantitative estimate of drug-likeness (QED) is 0.389. The van der Waals surface area contributed by atoms with E-state index in [-0.39, 0.29) is 0 Å². The van der Waals surface area contributed by atoms with E-state index >= 15 is 0 Å². The van der Waals surface area contributed by atoms with Crippen molar-refractivity contribution >= 4 is 34.1 Å². The summed E-state index contributed by atoms with van der Waals surface area (Å²) in [5, 5.41) is 6.93. The Morgan fingerprint density at radius 2 is 1.70 bits per heavy atom. The minimum Gasteiger partial charge on any atom is -0.340 e. The lowest BCUT2D eigenvalue weighted by molar-refractivity contribution is -0.118. The van der Waals surface area contributed by atoms with E-state index in [0.29, 0.717) is 21.4 Å². The molecule has 0 aliphatic heterocycles. The zero-order chi connectivity index (χ0) is 23.0. The number of nitrogens with one attached hydrogen (secondary N) is 1. The van der Waals surface area contributed by atoms with Crippen LogP contribution in [0.4, 0.5) is 0 Å². The highest BCUT2D eigenvalue weighted by molar-refractivity contribution is 6.35. The van der Waals surface area contributed by atoms with Crippen LogP contribution in [0.2, 0.25) is 10.0 Å². The first kappa shape index (κ1) is 22.0. The van der Waals surface area contributed by atoms with Gasteiger partial charge in [0.2, 0.25) is 0 Å². The number of rotatable bonds is 5. The molecule has 0 saturated heterocycles. The molecule has 4 fully saturated rings. The molecule has 1 heterocycles. The van der Waals surface area contributed by atoms with E-state index in [0.717, 1.165) is 29.6 Å². The first-order valence-electron chi connectivity index (χ1n) is 12.4. The van der Waals surface area contributed by atoms with Gasteiger partial charge in [-0.1, -0.05) is 61.3 Å². The van der Waals surface area contributed by atoms with E-state index in [1.807, 2.05) is 18.2 Å². The third-order valence-electron chi connectivity index (χ3n) is 8.97. The van der Waals surface area contributed by atoms with Gasteiger partial charge in [0.1, 0.15) is 0 Å². The Labute approximate surface area is 207 Å². The fourth-order valence-electron chi connectivity index (χ4n) is 8.67. The summed E-state index contributed by atoms with van der Waals surface area (Å²) in [6.07, 6.45) is 8.32. The van der Waals surface area contributed by atoms with E-state index in [1.54, 1.807) is 0 Å². The molecule has 1 aromatic heterocycles. The molecule has 33 heavy (non-hydrogen) atoms. The van der Waals surface area contributed by atoms with Gasteiger partial charge in [0.25, 0.3) is 0 Å². The molecule has 0 radical (unpaired) electrons. The van der Waals surface area contributed by atoms with Crippen molar-refractivity contribution in [2.45, 2.75) is 77.9 Å². The fourth-order valence-corrected chi connectivity index (χ4v) is 9.14. The van der Waals surface area contributed by atoms with Crippen LogP contribution in [0.15, 0.2) is 42.5 Å². The van der Waals surface area contributed by atoms with Gasteiger partial charge in [-0.05, 0) is 91.5 Å². The molecule has 7 rings (SSSR count). The fraction of sp³-hybridized carbons (Fsp3) is 0.517. The van der Waals surface area contributed by atoms with Crippen molar-refractivity contribution in [2.24, 2.45) is 16.7 Å². The molecule has 4 bridgehead atoms. The van der Waals surface area contributed by atoms with Crippen LogP contribution >= 0.6 is 23.2 Å². The van der Waals surface area contributed by atoms with Crippen LogP contribution in [0.25, 0.3) is 10.9 Å². The van der Waals surface area contributed by atoms with Crippen LogP contribution in [-0.2, 0) is 13.1 Å². The van der Waals surface area contributed by atoms with Crippen LogP contribution in [0.3, 0.4) is 0 Å². The van der Waals surface area contributed by atoms with Crippen LogP contribution in [0.5, 0.6) is 0 Å². The third kappa shape index (κ3) is 3.74. The van der Waals surface area contributed by atoms with Crippen molar-refractivity contribution in [2.75, 3.05) is 0 Å². The Hall–Kier alpha value is -1.48. The minimum absolute atomic E-state index is 0.304. The Bertz CT molecular complexity index is 1220. The second kappa shape index (κ2) is 7.51. The zero-order valence-electron chi connectivity index (χ0n) is 20.0. The molecule has 4 atom stereocenters. The molecule has 2 nitrogen and oxygen atoms in total. The average Bonchev–Trinajstić information content (AvgIpc) is 2.97. The Balaban J connectivity index is 1.33. The summed E-state index contributed by atoms with van der Waals surface area (Å²) in [6, 6.07) is 14.6. The molecule has 0 amide bonds. The monoisotopic (exact) mass is 480 g/mol. The Morgan fingerprint density at radius 1 is 0.970 bits per heavy atom. The van der Waals surface area contributed by atoms with E-state index in [4.69, 9.17) is 23.2 Å². The number of hydrogen-bond acceptors (Lipinski definition) is 1. The van der Waals surface area contributed by atoms with E-state index < -0.39 is 0 Å². The van der Waals surface area contributed by atoms with E-state index in [2.05, 4.69) is 54.9 Å². The summed E-state index contributed by atoms with van der Waals surface area (Å²) in [5.74, 6) is 0.901. The number of aromatic nitrogens is 1. The van der Waals surface area contributed by atoms with Gasteiger partial charge in [0.05, 0.1) is 0 Å². The second-order valence-corrected chi connectivity index (χ2v) is 13.0. The molecule has 4 aliphatic rings. The molecule has 174 valence electrons. The maximum Gasteiger partial charge on any atom is 0.0493 e. The van der Waals surface area contributed by atoms with Gasteiger partial charge >= 0.3 is 0 Å². The van der Waals surface area contributed by atoms with Crippen LogP contribution in [0, 0.1) is 23.7 Å². The molecule has 4 saturated carbocycles. The van der Waals surface area contributed by atoms with Crippen molar-refractivity contribution in [3.63, 3.8) is 0 Å². The summed E-state index contributed by atoms with van der Waals surface area (Å²) in [6.45, 7) is 9.07. The van der Waals surface area contributed by atoms with Crippen molar-refractivity contribution < 1.29 is 0 Å². The van der Waals surface area contributed by atoms with Crippen molar-refractivity contribution in [3.05, 3.63) is 69.3 Å². The van der Waals surface area contributed by atoms with Gasteiger partial charge in [-0.15, -0.1) is 0 Å². The van der Waals surface area contributed by atoms with Crippen molar-refractivity contribution in [1.29, 1.82) is 0 Å². The second-order valence-electron chi connectivity index (χ2n) is 12.2. The number of nitrogens with zero attached hydrogens (tertiary/aromatic N) is 1. The van der Waals surface area contributed by atoms with Gasteiger partial charge in [0.15, 0.2) is 0 Å². The van der Waals surface area contributed by atoms with Crippen LogP contribution in [-0.4, -0.2) is 10.1 Å². The Kier molecular flexibility index (Phi) is 5.01. The van der Waals surface area contributed by atoms with Gasteiger partial charge in [-0.25, -0.2) is 0 Å². The number of hydrogen-bond donors (Lipinski definition) is 1. The highest BCUT2D eigenvalue weighted by Gasteiger charge is 2.59. The van der Waals surface area contributed by atoms with Crippen molar-refractivity contribution in [3.8, 4) is 0 Å². The predicted octanol–water partition coefficient (Wildman–Crippen LogP) is 8.14. The minimum atomic E-state index is 0.304. The average molecular weight is 482 g/mol. The first-order valence-corrected chi connectivity index (χ1v) is 13.2. The maximum absolute atomic E-state index is 6.54. The predicted molar refractivity (Wildman–Crippen MR) is 139 cm³/mol. The molecular weight excluding hydrogens is 447 g/mol. The van der Waals surface area contributed by atoms with Crippen LogP contribution < -0.4 is 5.32 Å². The van der Waals surface area contributed by atoms with E-state index in [1.165, 1.54) is 60.7 Å². The summed E-state index contributed by atoms with van der Waals surface area (Å²) in [7, 11) is 0. The van der Waals surface area contributed by atoms with E-state index in [9.17, 15) is 0 Å². The summed E-state index contributed by atoms with van der Waals surface area (Å²) in [5.41, 5.74) is 6.50. The topological polar surface area (TPSA) is 17.0 Å². The molecule has 3 aromatic rings. The summed E-state index contributed by atoms with van der Waals surface area (Å²) in [4.78, 5) is 0. The maximum atomic E-state index is 6.54. The molecule has 2 aromatic carbocycles. The SMILES string of the molecule is Cc1c(CNC23CC4C[C@@](C)(C2)C[C@](C)(C4)C3)c2ccccc2n1Cc1ccc(Cl)cc1Cl. The van der Waals surface area contributed by atoms with Gasteiger partial charge < -0.3 is 9.88 Å². The zero-order valence-corrected chi connectivity index (χ0v) is 21.5. The molecule has 4 aliphatic carbocycles. The van der Waals surface area contributed by atoms with Crippen molar-refractivity contribution in [1.82, 2.24) is 9.88 Å². The van der Waals surface area contributed by atoms with Crippen LogP contribution in [0.1, 0.15) is 69.2 Å². The number of para-hydroxylation sites is 1. The lowest BCUT2D eigenvalue weighted by Crippen LogP contribution is -2.63. The van der Waals surface area contributed by atoms with Gasteiger partial charge in [0, 0.05) is 45.3 Å². The normalized spacial score (nSPS) is 32.7. The number of halogens is 2. The largest absolute Gasteiger partial charge is 0.340 e. The number of fused-ring (bicyclic) bond motifs is 1. The number of benzene rings is 2. The molecule has 0 spiro atoms.